The van der Waals surface area contributed by atoms with Gasteiger partial charge >= 0.3 is 0 Å². The highest BCUT2D eigenvalue weighted by molar-refractivity contribution is 7.89. The normalized spacial score (nSPS) is 19.9. The molecule has 9 heteroatoms. The number of sulfonamides is 1. The van der Waals surface area contributed by atoms with Crippen LogP contribution in [0.3, 0.4) is 0 Å². The third-order valence-electron chi connectivity index (χ3n) is 6.51. The van der Waals surface area contributed by atoms with Gasteiger partial charge in [0.05, 0.1) is 5.92 Å². The number of aromatic nitrogens is 1. The number of H-pyrrole nitrogens is 1. The Morgan fingerprint density at radius 1 is 1.06 bits per heavy atom. The summed E-state index contributed by atoms with van der Waals surface area (Å²) in [7, 11) is -3.79. The SMILES string of the molecule is Cc1ccc(CNC(=O)[C@@H]2CCCN(S(=O)(=O)c3c[nH]c(C(=O)N4CCCCC4)c3)C2)cc1. The Hall–Kier alpha value is -2.65. The number of nitrogens with one attached hydrogen (secondary N) is 2. The molecule has 8 nitrogen and oxygen atoms in total. The van der Waals surface area contributed by atoms with Gasteiger partial charge in [-0.3, -0.25) is 9.59 Å². The Bertz CT molecular complexity index is 1090. The van der Waals surface area contributed by atoms with Gasteiger partial charge in [0.15, 0.2) is 0 Å². The average Bonchev–Trinajstić information content (AvgIpc) is 3.35. The van der Waals surface area contributed by atoms with Crippen LogP contribution >= 0.6 is 0 Å². The smallest absolute Gasteiger partial charge is 0.270 e. The molecule has 2 saturated heterocycles. The molecule has 0 unspecified atom stereocenters. The molecule has 2 N–H and O–H groups in total. The van der Waals surface area contributed by atoms with Crippen LogP contribution in [0, 0.1) is 12.8 Å². The first-order valence-corrected chi connectivity index (χ1v) is 13.1. The molecule has 1 aromatic carbocycles. The van der Waals surface area contributed by atoms with Crippen molar-refractivity contribution in [2.75, 3.05) is 26.2 Å². The average molecular weight is 473 g/mol. The summed E-state index contributed by atoms with van der Waals surface area (Å²) >= 11 is 0. The zero-order valence-corrected chi connectivity index (χ0v) is 19.9. The minimum atomic E-state index is -3.79. The highest BCUT2D eigenvalue weighted by atomic mass is 32.2. The number of benzene rings is 1. The number of carbonyl (C=O) groups is 2. The van der Waals surface area contributed by atoms with Crippen LogP contribution in [-0.4, -0.2) is 60.6 Å². The molecule has 2 amide bonds. The van der Waals surface area contributed by atoms with Gasteiger partial charge in [-0.1, -0.05) is 29.8 Å². The van der Waals surface area contributed by atoms with Gasteiger partial charge in [-0.15, -0.1) is 0 Å². The van der Waals surface area contributed by atoms with E-state index in [9.17, 15) is 18.0 Å². The van der Waals surface area contributed by atoms with Crippen molar-refractivity contribution in [1.82, 2.24) is 19.5 Å². The van der Waals surface area contributed by atoms with Crippen LogP contribution in [-0.2, 0) is 21.4 Å². The number of rotatable bonds is 6. The fourth-order valence-corrected chi connectivity index (χ4v) is 6.00. The Balaban J connectivity index is 1.38. The summed E-state index contributed by atoms with van der Waals surface area (Å²) < 4.78 is 27.8. The highest BCUT2D eigenvalue weighted by Crippen LogP contribution is 2.25. The van der Waals surface area contributed by atoms with Crippen LogP contribution in [0.4, 0.5) is 0 Å². The van der Waals surface area contributed by atoms with Crippen LogP contribution in [0.5, 0.6) is 0 Å². The number of likely N-dealkylation sites (tertiary alicyclic amines) is 1. The van der Waals surface area contributed by atoms with E-state index >= 15 is 0 Å². The van der Waals surface area contributed by atoms with Crippen molar-refractivity contribution in [2.24, 2.45) is 5.92 Å². The van der Waals surface area contributed by atoms with Crippen molar-refractivity contribution >= 4 is 21.8 Å². The molecule has 2 aliphatic heterocycles. The first kappa shape index (κ1) is 23.5. The molecule has 0 saturated carbocycles. The number of aryl methyl sites for hydroxylation is 1. The van der Waals surface area contributed by atoms with Gasteiger partial charge < -0.3 is 15.2 Å². The number of hydrogen-bond acceptors (Lipinski definition) is 4. The summed E-state index contributed by atoms with van der Waals surface area (Å²) in [6, 6.07) is 9.37. The standard InChI is InChI=1S/C24H32N4O4S/c1-18-7-9-19(10-8-18)15-26-23(29)20-6-5-13-28(17-20)33(31,32)21-14-22(25-16-21)24(30)27-11-3-2-4-12-27/h7-10,14,16,20,25H,2-6,11-13,15,17H2,1H3,(H,26,29)/t20-/m1/s1. The van der Waals surface area contributed by atoms with Gasteiger partial charge in [-0.05, 0) is 50.7 Å². The van der Waals surface area contributed by atoms with Gasteiger partial charge in [0.2, 0.25) is 15.9 Å². The second-order valence-electron chi connectivity index (χ2n) is 9.01. The van der Waals surface area contributed by atoms with E-state index in [1.807, 2.05) is 31.2 Å². The zero-order valence-electron chi connectivity index (χ0n) is 19.0. The predicted molar refractivity (Wildman–Crippen MR) is 125 cm³/mol. The summed E-state index contributed by atoms with van der Waals surface area (Å²) in [5, 5.41) is 2.94. The summed E-state index contributed by atoms with van der Waals surface area (Å²) in [5.74, 6) is -0.693. The molecule has 178 valence electrons. The quantitative estimate of drug-likeness (QED) is 0.675. The minimum absolute atomic E-state index is 0.0728. The Labute approximate surface area is 195 Å². The lowest BCUT2D eigenvalue weighted by Crippen LogP contribution is -2.45. The molecule has 4 rings (SSSR count). The van der Waals surface area contributed by atoms with Crippen LogP contribution in [0.1, 0.15) is 53.7 Å². The fraction of sp³-hybridized carbons (Fsp3) is 0.500. The van der Waals surface area contributed by atoms with E-state index in [-0.39, 0.29) is 23.3 Å². The predicted octanol–water partition coefficient (Wildman–Crippen LogP) is 2.67. The van der Waals surface area contributed by atoms with E-state index in [4.69, 9.17) is 0 Å². The fourth-order valence-electron chi connectivity index (χ4n) is 4.48. The molecule has 0 aliphatic carbocycles. The van der Waals surface area contributed by atoms with E-state index < -0.39 is 15.9 Å². The molecule has 1 atom stereocenters. The molecule has 2 aliphatic rings. The van der Waals surface area contributed by atoms with Crippen LogP contribution in [0.15, 0.2) is 41.4 Å². The maximum atomic E-state index is 13.2. The number of nitrogens with zero attached hydrogens (tertiary/aromatic N) is 2. The third-order valence-corrected chi connectivity index (χ3v) is 8.35. The Kier molecular flexibility index (Phi) is 7.19. The molecular weight excluding hydrogens is 440 g/mol. The summed E-state index contributed by atoms with van der Waals surface area (Å²) in [4.78, 5) is 30.1. The van der Waals surface area contributed by atoms with E-state index in [0.29, 0.717) is 44.7 Å². The molecule has 1 aromatic heterocycles. The number of aromatic amines is 1. The Morgan fingerprint density at radius 2 is 1.79 bits per heavy atom. The van der Waals surface area contributed by atoms with Crippen LogP contribution in [0.2, 0.25) is 0 Å². The number of carbonyl (C=O) groups excluding carboxylic acids is 2. The lowest BCUT2D eigenvalue weighted by atomic mass is 9.98. The van der Waals surface area contributed by atoms with Crippen molar-refractivity contribution < 1.29 is 18.0 Å². The maximum Gasteiger partial charge on any atom is 0.270 e. The zero-order chi connectivity index (χ0) is 23.4. The summed E-state index contributed by atoms with van der Waals surface area (Å²) in [6.07, 6.45) is 5.71. The lowest BCUT2D eigenvalue weighted by Gasteiger charge is -2.31. The number of amides is 2. The summed E-state index contributed by atoms with van der Waals surface area (Å²) in [5.41, 5.74) is 2.45. The second kappa shape index (κ2) is 10.1. The first-order valence-electron chi connectivity index (χ1n) is 11.7. The summed E-state index contributed by atoms with van der Waals surface area (Å²) in [6.45, 7) is 4.34. The molecule has 2 fully saturated rings. The van der Waals surface area contributed by atoms with E-state index in [0.717, 1.165) is 30.4 Å². The monoisotopic (exact) mass is 472 g/mol. The molecular formula is C24H32N4O4S. The van der Waals surface area contributed by atoms with Crippen molar-refractivity contribution in [3.63, 3.8) is 0 Å². The van der Waals surface area contributed by atoms with Crippen molar-refractivity contribution in [3.8, 4) is 0 Å². The number of hydrogen-bond donors (Lipinski definition) is 2. The van der Waals surface area contributed by atoms with Crippen molar-refractivity contribution in [1.29, 1.82) is 0 Å². The minimum Gasteiger partial charge on any atom is -0.356 e. The molecule has 0 spiro atoms. The molecule has 0 radical (unpaired) electrons. The maximum absolute atomic E-state index is 13.2. The molecule has 2 aromatic rings. The topological polar surface area (TPSA) is 103 Å². The van der Waals surface area contributed by atoms with Crippen LogP contribution in [0.25, 0.3) is 0 Å². The van der Waals surface area contributed by atoms with E-state index in [2.05, 4.69) is 10.3 Å². The van der Waals surface area contributed by atoms with Gasteiger partial charge in [-0.2, -0.15) is 4.31 Å². The van der Waals surface area contributed by atoms with E-state index in [1.165, 1.54) is 16.6 Å². The number of piperidine rings is 2. The molecule has 0 bridgehead atoms. The van der Waals surface area contributed by atoms with Crippen molar-refractivity contribution in [3.05, 3.63) is 53.3 Å². The van der Waals surface area contributed by atoms with Gasteiger partial charge in [0.25, 0.3) is 5.91 Å². The van der Waals surface area contributed by atoms with Crippen molar-refractivity contribution in [2.45, 2.75) is 50.5 Å². The first-order chi connectivity index (χ1) is 15.8. The van der Waals surface area contributed by atoms with Gasteiger partial charge in [-0.25, -0.2) is 8.42 Å². The van der Waals surface area contributed by atoms with Gasteiger partial charge in [0, 0.05) is 38.9 Å². The lowest BCUT2D eigenvalue weighted by molar-refractivity contribution is -0.126. The highest BCUT2D eigenvalue weighted by Gasteiger charge is 2.34. The van der Waals surface area contributed by atoms with Crippen LogP contribution < -0.4 is 5.32 Å². The largest absolute Gasteiger partial charge is 0.356 e. The molecule has 3 heterocycles. The Morgan fingerprint density at radius 3 is 2.52 bits per heavy atom. The molecule has 33 heavy (non-hydrogen) atoms. The van der Waals surface area contributed by atoms with E-state index in [1.54, 1.807) is 4.90 Å². The third kappa shape index (κ3) is 5.47. The van der Waals surface area contributed by atoms with Gasteiger partial charge in [0.1, 0.15) is 10.6 Å². The second-order valence-corrected chi connectivity index (χ2v) is 10.9.